The molecule has 0 saturated heterocycles. The first kappa shape index (κ1) is 7.78. The number of carbonyl (C=O) groups is 1. The number of carbonyl (C=O) groups excluding carboxylic acids is 1. The summed E-state index contributed by atoms with van der Waals surface area (Å²) in [5.41, 5.74) is 0. The summed E-state index contributed by atoms with van der Waals surface area (Å²) in [6, 6.07) is 0. The molecule has 0 fully saturated rings. The largest absolute Gasteiger partial charge is 0.483 e. The van der Waals surface area contributed by atoms with Gasteiger partial charge in [-0.3, -0.25) is 9.48 Å². The number of hydrogen-bond donors (Lipinski definition) is 0. The zero-order valence-corrected chi connectivity index (χ0v) is 6.36. The van der Waals surface area contributed by atoms with E-state index in [1.807, 2.05) is 6.92 Å². The van der Waals surface area contributed by atoms with E-state index in [4.69, 9.17) is 4.74 Å². The third-order valence-electron chi connectivity index (χ3n) is 1.25. The lowest BCUT2D eigenvalue weighted by Crippen LogP contribution is -1.96. The van der Waals surface area contributed by atoms with E-state index in [1.54, 1.807) is 17.1 Å². The molecule has 1 aromatic heterocycles. The molecule has 0 radical (unpaired) electrons. The summed E-state index contributed by atoms with van der Waals surface area (Å²) in [5, 5.41) is 3.96. The molecule has 0 aliphatic heterocycles. The quantitative estimate of drug-likeness (QED) is 0.592. The molecular formula is C7H10N2O2. The highest BCUT2D eigenvalue weighted by Gasteiger charge is 1.95. The van der Waals surface area contributed by atoms with Crippen LogP contribution in [0.3, 0.4) is 0 Å². The summed E-state index contributed by atoms with van der Waals surface area (Å²) in [6.45, 7) is 2.89. The number of rotatable bonds is 4. The molecule has 0 saturated carbocycles. The lowest BCUT2D eigenvalue weighted by atomic mass is 10.6. The van der Waals surface area contributed by atoms with Crippen LogP contribution >= 0.6 is 0 Å². The van der Waals surface area contributed by atoms with Crippen molar-refractivity contribution >= 4 is 6.29 Å². The predicted molar refractivity (Wildman–Crippen MR) is 39.5 cm³/mol. The van der Waals surface area contributed by atoms with Crippen LogP contribution < -0.4 is 4.74 Å². The minimum absolute atomic E-state index is 0.0927. The molecule has 0 atom stereocenters. The van der Waals surface area contributed by atoms with Crippen LogP contribution in [0.5, 0.6) is 5.75 Å². The molecule has 0 bridgehead atoms. The Balaban J connectivity index is 2.50. The van der Waals surface area contributed by atoms with E-state index in [9.17, 15) is 4.79 Å². The fourth-order valence-electron chi connectivity index (χ4n) is 0.722. The van der Waals surface area contributed by atoms with Gasteiger partial charge in [0.2, 0.25) is 0 Å². The molecule has 4 nitrogen and oxygen atoms in total. The second-order valence-corrected chi connectivity index (χ2v) is 2.01. The SMILES string of the molecule is CCn1cc(OCC=O)cn1. The van der Waals surface area contributed by atoms with Gasteiger partial charge in [-0.1, -0.05) is 0 Å². The zero-order valence-electron chi connectivity index (χ0n) is 6.36. The van der Waals surface area contributed by atoms with Gasteiger partial charge in [0.1, 0.15) is 6.61 Å². The Bertz CT molecular complexity index is 232. The Morgan fingerprint density at radius 3 is 3.18 bits per heavy atom. The van der Waals surface area contributed by atoms with E-state index < -0.39 is 0 Å². The number of aldehydes is 1. The van der Waals surface area contributed by atoms with Gasteiger partial charge >= 0.3 is 0 Å². The number of ether oxygens (including phenoxy) is 1. The highest BCUT2D eigenvalue weighted by Crippen LogP contribution is 2.06. The number of aromatic nitrogens is 2. The van der Waals surface area contributed by atoms with Gasteiger partial charge < -0.3 is 4.74 Å². The van der Waals surface area contributed by atoms with Gasteiger partial charge in [-0.05, 0) is 6.92 Å². The molecule has 0 amide bonds. The van der Waals surface area contributed by atoms with E-state index in [1.165, 1.54) is 0 Å². The first-order valence-electron chi connectivity index (χ1n) is 3.45. The maximum atomic E-state index is 9.90. The topological polar surface area (TPSA) is 44.1 Å². The fraction of sp³-hybridized carbons (Fsp3) is 0.429. The van der Waals surface area contributed by atoms with Crippen molar-refractivity contribution in [3.05, 3.63) is 12.4 Å². The van der Waals surface area contributed by atoms with Crippen molar-refractivity contribution in [1.82, 2.24) is 9.78 Å². The van der Waals surface area contributed by atoms with Gasteiger partial charge in [0.05, 0.1) is 12.4 Å². The second kappa shape index (κ2) is 3.75. The summed E-state index contributed by atoms with van der Waals surface area (Å²) in [5.74, 6) is 0.638. The minimum Gasteiger partial charge on any atom is -0.483 e. The third kappa shape index (κ3) is 2.07. The summed E-state index contributed by atoms with van der Waals surface area (Å²) in [6.07, 6.45) is 4.06. The third-order valence-corrected chi connectivity index (χ3v) is 1.25. The van der Waals surface area contributed by atoms with E-state index in [0.29, 0.717) is 12.0 Å². The van der Waals surface area contributed by atoms with Crippen LogP contribution in [0.2, 0.25) is 0 Å². The standard InChI is InChI=1S/C7H10N2O2/c1-2-9-6-7(5-8-9)11-4-3-10/h3,5-6H,2,4H2,1H3. The smallest absolute Gasteiger partial charge is 0.157 e. The van der Waals surface area contributed by atoms with Crippen LogP contribution in [0.15, 0.2) is 12.4 Å². The van der Waals surface area contributed by atoms with Crippen molar-refractivity contribution in [1.29, 1.82) is 0 Å². The van der Waals surface area contributed by atoms with Crippen LogP contribution in [-0.4, -0.2) is 22.7 Å². The Morgan fingerprint density at radius 2 is 2.64 bits per heavy atom. The van der Waals surface area contributed by atoms with Crippen molar-refractivity contribution in [3.8, 4) is 5.75 Å². The van der Waals surface area contributed by atoms with Gasteiger partial charge in [0.15, 0.2) is 12.0 Å². The number of aryl methyl sites for hydroxylation is 1. The maximum Gasteiger partial charge on any atom is 0.157 e. The van der Waals surface area contributed by atoms with Gasteiger partial charge in [-0.25, -0.2) is 0 Å². The van der Waals surface area contributed by atoms with E-state index >= 15 is 0 Å². The van der Waals surface area contributed by atoms with Gasteiger partial charge in [-0.2, -0.15) is 5.10 Å². The van der Waals surface area contributed by atoms with Gasteiger partial charge in [-0.15, -0.1) is 0 Å². The lowest BCUT2D eigenvalue weighted by Gasteiger charge is -1.94. The van der Waals surface area contributed by atoms with Crippen LogP contribution in [0.4, 0.5) is 0 Å². The molecular weight excluding hydrogens is 144 g/mol. The molecule has 1 heterocycles. The first-order valence-corrected chi connectivity index (χ1v) is 3.45. The second-order valence-electron chi connectivity index (χ2n) is 2.01. The van der Waals surface area contributed by atoms with E-state index in [-0.39, 0.29) is 6.61 Å². The maximum absolute atomic E-state index is 9.90. The van der Waals surface area contributed by atoms with E-state index in [2.05, 4.69) is 5.10 Å². The predicted octanol–water partition coefficient (Wildman–Crippen LogP) is 0.481. The average molecular weight is 154 g/mol. The van der Waals surface area contributed by atoms with Crippen molar-refractivity contribution in [2.45, 2.75) is 13.5 Å². The fourth-order valence-corrected chi connectivity index (χ4v) is 0.722. The van der Waals surface area contributed by atoms with Crippen LogP contribution in [0.25, 0.3) is 0 Å². The average Bonchev–Trinajstić information content (AvgIpc) is 2.48. The van der Waals surface area contributed by atoms with Gasteiger partial charge in [0, 0.05) is 6.54 Å². The molecule has 1 rings (SSSR count). The molecule has 0 aliphatic rings. The zero-order chi connectivity index (χ0) is 8.10. The summed E-state index contributed by atoms with van der Waals surface area (Å²) >= 11 is 0. The number of nitrogens with zero attached hydrogens (tertiary/aromatic N) is 2. The molecule has 1 aromatic rings. The molecule has 0 aromatic carbocycles. The summed E-state index contributed by atoms with van der Waals surface area (Å²) in [4.78, 5) is 9.90. The monoisotopic (exact) mass is 154 g/mol. The van der Waals surface area contributed by atoms with Gasteiger partial charge in [0.25, 0.3) is 0 Å². The normalized spacial score (nSPS) is 9.55. The van der Waals surface area contributed by atoms with Crippen molar-refractivity contribution < 1.29 is 9.53 Å². The van der Waals surface area contributed by atoms with Crippen molar-refractivity contribution in [3.63, 3.8) is 0 Å². The Kier molecular flexibility index (Phi) is 2.66. The Hall–Kier alpha value is -1.32. The van der Waals surface area contributed by atoms with E-state index in [0.717, 1.165) is 6.54 Å². The minimum atomic E-state index is 0.0927. The molecule has 60 valence electrons. The Labute approximate surface area is 64.8 Å². The van der Waals surface area contributed by atoms with Crippen LogP contribution in [-0.2, 0) is 11.3 Å². The number of hydrogen-bond acceptors (Lipinski definition) is 3. The highest BCUT2D eigenvalue weighted by molar-refractivity contribution is 5.51. The molecule has 0 unspecified atom stereocenters. The summed E-state index contributed by atoms with van der Waals surface area (Å²) < 4.78 is 6.72. The molecule has 4 heteroatoms. The highest BCUT2D eigenvalue weighted by atomic mass is 16.5. The summed E-state index contributed by atoms with van der Waals surface area (Å²) in [7, 11) is 0. The van der Waals surface area contributed by atoms with Crippen LogP contribution in [0, 0.1) is 0 Å². The Morgan fingerprint density at radius 1 is 1.82 bits per heavy atom. The van der Waals surface area contributed by atoms with Crippen molar-refractivity contribution in [2.24, 2.45) is 0 Å². The molecule has 0 spiro atoms. The van der Waals surface area contributed by atoms with Crippen molar-refractivity contribution in [2.75, 3.05) is 6.61 Å². The molecule has 11 heavy (non-hydrogen) atoms. The molecule has 0 N–H and O–H groups in total. The lowest BCUT2D eigenvalue weighted by molar-refractivity contribution is -0.109. The van der Waals surface area contributed by atoms with Crippen LogP contribution in [0.1, 0.15) is 6.92 Å². The molecule has 0 aliphatic carbocycles. The first-order chi connectivity index (χ1) is 5.36.